The largest absolute Gasteiger partial charge is 0.347 e. The maximum absolute atomic E-state index is 13.1. The van der Waals surface area contributed by atoms with Crippen LogP contribution in [0.5, 0.6) is 0 Å². The lowest BCUT2D eigenvalue weighted by molar-refractivity contribution is -0.138. The summed E-state index contributed by atoms with van der Waals surface area (Å²) < 4.78 is 0. The molecule has 4 fully saturated rings. The van der Waals surface area contributed by atoms with Crippen molar-refractivity contribution in [1.82, 2.24) is 25.1 Å². The fraction of sp³-hybridized carbons (Fsp3) is 0.500. The SMILES string of the molecule is CC.CCC1(C(=O)N2CCC(c3nccc(C(=O)NCc4ccc(C(=C5CC6(C5)CN(C)C6)c5ccc(C)cc5)cc4)n3)CC2)CC1. The van der Waals surface area contributed by atoms with Crippen molar-refractivity contribution in [3.8, 4) is 0 Å². The molecular formula is C40H51N5O2. The Balaban J connectivity index is 0.00000190. The zero-order chi connectivity index (χ0) is 33.2. The number of amides is 2. The van der Waals surface area contributed by atoms with Gasteiger partial charge in [-0.25, -0.2) is 9.97 Å². The van der Waals surface area contributed by atoms with E-state index in [0.717, 1.165) is 50.8 Å². The van der Waals surface area contributed by atoms with Gasteiger partial charge in [-0.3, -0.25) is 9.59 Å². The van der Waals surface area contributed by atoms with E-state index < -0.39 is 0 Å². The lowest BCUT2D eigenvalue weighted by Gasteiger charge is -2.56. The highest BCUT2D eigenvalue weighted by Crippen LogP contribution is 2.54. The molecule has 248 valence electrons. The molecular weight excluding hydrogens is 582 g/mol. The predicted octanol–water partition coefficient (Wildman–Crippen LogP) is 7.16. The van der Waals surface area contributed by atoms with E-state index in [4.69, 9.17) is 0 Å². The molecule has 0 unspecified atom stereocenters. The summed E-state index contributed by atoms with van der Waals surface area (Å²) in [6.07, 6.45) is 8.69. The van der Waals surface area contributed by atoms with Crippen LogP contribution < -0.4 is 5.32 Å². The van der Waals surface area contributed by atoms with Crippen molar-refractivity contribution in [2.45, 2.75) is 85.1 Å². The number of allylic oxidation sites excluding steroid dienone is 1. The molecule has 2 aliphatic heterocycles. The summed E-state index contributed by atoms with van der Waals surface area (Å²) >= 11 is 0. The average molecular weight is 634 g/mol. The molecule has 7 nitrogen and oxygen atoms in total. The number of hydrogen-bond acceptors (Lipinski definition) is 5. The molecule has 1 spiro atoms. The normalized spacial score (nSPS) is 19.6. The second-order valence-electron chi connectivity index (χ2n) is 14.3. The molecule has 1 aromatic heterocycles. The van der Waals surface area contributed by atoms with E-state index in [9.17, 15) is 9.59 Å². The number of piperidine rings is 1. The van der Waals surface area contributed by atoms with Gasteiger partial charge in [0.2, 0.25) is 5.91 Å². The first-order valence-electron chi connectivity index (χ1n) is 17.7. The minimum absolute atomic E-state index is 0.0879. The van der Waals surface area contributed by atoms with E-state index in [1.165, 1.54) is 48.2 Å². The van der Waals surface area contributed by atoms with Crippen molar-refractivity contribution in [1.29, 1.82) is 0 Å². The molecule has 0 radical (unpaired) electrons. The number of nitrogens with zero attached hydrogens (tertiary/aromatic N) is 4. The van der Waals surface area contributed by atoms with Gasteiger partial charge in [0.15, 0.2) is 0 Å². The highest BCUT2D eigenvalue weighted by molar-refractivity contribution is 5.92. The number of aryl methyl sites for hydroxylation is 1. The monoisotopic (exact) mass is 633 g/mol. The maximum atomic E-state index is 13.1. The molecule has 2 amide bonds. The van der Waals surface area contributed by atoms with Crippen molar-refractivity contribution >= 4 is 17.4 Å². The molecule has 47 heavy (non-hydrogen) atoms. The molecule has 7 heteroatoms. The highest BCUT2D eigenvalue weighted by Gasteiger charge is 2.50. The van der Waals surface area contributed by atoms with Crippen LogP contribution in [0, 0.1) is 17.8 Å². The van der Waals surface area contributed by atoms with Crippen LogP contribution in [0.1, 0.15) is 110 Å². The van der Waals surface area contributed by atoms with Gasteiger partial charge < -0.3 is 15.1 Å². The molecule has 3 aromatic rings. The molecule has 2 saturated carbocycles. The van der Waals surface area contributed by atoms with Crippen molar-refractivity contribution in [3.63, 3.8) is 0 Å². The molecule has 0 atom stereocenters. The van der Waals surface area contributed by atoms with Gasteiger partial charge in [0.1, 0.15) is 11.5 Å². The van der Waals surface area contributed by atoms with Crippen LogP contribution in [0.25, 0.3) is 5.57 Å². The van der Waals surface area contributed by atoms with Crippen LogP contribution in [0.2, 0.25) is 0 Å². The third-order valence-electron chi connectivity index (χ3n) is 10.8. The minimum Gasteiger partial charge on any atom is -0.347 e. The fourth-order valence-corrected chi connectivity index (χ4v) is 7.95. The van der Waals surface area contributed by atoms with Crippen LogP contribution >= 0.6 is 0 Å². The minimum atomic E-state index is -0.193. The summed E-state index contributed by atoms with van der Waals surface area (Å²) in [5.74, 6) is 1.01. The smallest absolute Gasteiger partial charge is 0.270 e. The van der Waals surface area contributed by atoms with Gasteiger partial charge in [-0.1, -0.05) is 80.4 Å². The van der Waals surface area contributed by atoms with E-state index in [1.54, 1.807) is 17.8 Å². The topological polar surface area (TPSA) is 78.4 Å². The number of carbonyl (C=O) groups is 2. The van der Waals surface area contributed by atoms with Crippen LogP contribution in [-0.4, -0.2) is 64.8 Å². The summed E-state index contributed by atoms with van der Waals surface area (Å²) in [4.78, 5) is 39.7. The van der Waals surface area contributed by atoms with E-state index in [1.807, 2.05) is 18.7 Å². The van der Waals surface area contributed by atoms with E-state index in [2.05, 4.69) is 89.6 Å². The second-order valence-corrected chi connectivity index (χ2v) is 14.3. The number of aromatic nitrogens is 2. The maximum Gasteiger partial charge on any atom is 0.270 e. The first-order valence-corrected chi connectivity index (χ1v) is 17.7. The Morgan fingerprint density at radius 2 is 1.53 bits per heavy atom. The number of rotatable bonds is 8. The standard InChI is InChI=1S/C38H45N5O2.C2H6/c1-4-38(16-17-38)36(45)43-19-14-30(15-20-43)34-39-18-13-32(41-34)35(44)40-23-27-7-11-29(12-8-27)33(28-9-5-26(2)6-10-28)31-21-37(22-31)24-42(3)25-37;1-2/h5-13,18,30H,4,14-17,19-25H2,1-3H3,(H,40,44);1-2H3. The molecule has 2 saturated heterocycles. The van der Waals surface area contributed by atoms with E-state index >= 15 is 0 Å². The quantitative estimate of drug-likeness (QED) is 0.285. The highest BCUT2D eigenvalue weighted by atomic mass is 16.2. The lowest BCUT2D eigenvalue weighted by Crippen LogP contribution is -2.58. The number of carbonyl (C=O) groups excluding carboxylic acids is 2. The third kappa shape index (κ3) is 6.92. The summed E-state index contributed by atoms with van der Waals surface area (Å²) in [7, 11) is 2.21. The molecule has 3 heterocycles. The van der Waals surface area contributed by atoms with E-state index in [-0.39, 0.29) is 17.2 Å². The molecule has 7 rings (SSSR count). The summed E-state index contributed by atoms with van der Waals surface area (Å²) in [5, 5.41) is 3.06. The Kier molecular flexibility index (Phi) is 9.65. The van der Waals surface area contributed by atoms with Crippen molar-refractivity contribution in [2.75, 3.05) is 33.2 Å². The Bertz CT molecular complexity index is 1600. The van der Waals surface area contributed by atoms with Gasteiger partial charge in [0.05, 0.1) is 0 Å². The van der Waals surface area contributed by atoms with Crippen LogP contribution in [0.4, 0.5) is 0 Å². The summed E-state index contributed by atoms with van der Waals surface area (Å²) in [6.45, 7) is 12.6. The molecule has 2 aliphatic carbocycles. The van der Waals surface area contributed by atoms with Crippen molar-refractivity contribution in [3.05, 3.63) is 100 Å². The molecule has 0 bridgehead atoms. The molecule has 1 N–H and O–H groups in total. The van der Waals surface area contributed by atoms with Gasteiger partial charge >= 0.3 is 0 Å². The third-order valence-corrected chi connectivity index (χ3v) is 10.8. The van der Waals surface area contributed by atoms with Crippen LogP contribution in [0.15, 0.2) is 66.4 Å². The Labute approximate surface area is 280 Å². The number of hydrogen-bond donors (Lipinski definition) is 1. The lowest BCUT2D eigenvalue weighted by atomic mass is 9.59. The predicted molar refractivity (Wildman–Crippen MR) is 188 cm³/mol. The molecule has 4 aliphatic rings. The first kappa shape index (κ1) is 33.1. The Hall–Kier alpha value is -3.84. The van der Waals surface area contributed by atoms with Gasteiger partial charge in [-0.15, -0.1) is 0 Å². The zero-order valence-corrected chi connectivity index (χ0v) is 28.9. The first-order chi connectivity index (χ1) is 22.8. The van der Waals surface area contributed by atoms with Crippen molar-refractivity contribution in [2.24, 2.45) is 10.8 Å². The number of nitrogens with one attached hydrogen (secondary N) is 1. The van der Waals surface area contributed by atoms with Crippen LogP contribution in [-0.2, 0) is 11.3 Å². The Morgan fingerprint density at radius 3 is 2.11 bits per heavy atom. The average Bonchev–Trinajstić information content (AvgIpc) is 3.89. The molecule has 2 aromatic carbocycles. The fourth-order valence-electron chi connectivity index (χ4n) is 7.95. The summed E-state index contributed by atoms with van der Waals surface area (Å²) in [5.41, 5.74) is 8.55. The second kappa shape index (κ2) is 13.7. The van der Waals surface area contributed by atoms with Gasteiger partial charge in [0, 0.05) is 55.7 Å². The van der Waals surface area contributed by atoms with Gasteiger partial charge in [0.25, 0.3) is 5.91 Å². The van der Waals surface area contributed by atoms with Crippen molar-refractivity contribution < 1.29 is 9.59 Å². The van der Waals surface area contributed by atoms with E-state index in [0.29, 0.717) is 29.4 Å². The number of likely N-dealkylation sites (tertiary alicyclic amines) is 2. The van der Waals surface area contributed by atoms with Gasteiger partial charge in [-0.05, 0) is 87.2 Å². The van der Waals surface area contributed by atoms with Crippen LogP contribution in [0.3, 0.4) is 0 Å². The Morgan fingerprint density at radius 1 is 0.915 bits per heavy atom. The summed E-state index contributed by atoms with van der Waals surface area (Å²) in [6, 6.07) is 19.2. The zero-order valence-electron chi connectivity index (χ0n) is 28.9. The number of benzene rings is 2. The van der Waals surface area contributed by atoms with Gasteiger partial charge in [-0.2, -0.15) is 0 Å².